The van der Waals surface area contributed by atoms with Gasteiger partial charge >= 0.3 is 0 Å². The summed E-state index contributed by atoms with van der Waals surface area (Å²) in [4.78, 5) is 6.97. The van der Waals surface area contributed by atoms with Gasteiger partial charge in [-0.1, -0.05) is 29.8 Å². The number of guanidine groups is 1. The molecule has 0 radical (unpaired) electrons. The summed E-state index contributed by atoms with van der Waals surface area (Å²) < 4.78 is 0. The lowest BCUT2D eigenvalue weighted by Gasteiger charge is -2.29. The van der Waals surface area contributed by atoms with Crippen molar-refractivity contribution in [3.05, 3.63) is 35.4 Å². The zero-order valence-corrected chi connectivity index (χ0v) is 14.5. The Morgan fingerprint density at radius 1 is 1.17 bits per heavy atom. The Morgan fingerprint density at radius 2 is 1.87 bits per heavy atom. The third kappa shape index (κ3) is 4.71. The van der Waals surface area contributed by atoms with Crippen LogP contribution < -0.4 is 10.6 Å². The van der Waals surface area contributed by atoms with Gasteiger partial charge in [-0.2, -0.15) is 0 Å². The quantitative estimate of drug-likeness (QED) is 0.626. The molecule has 1 saturated heterocycles. The van der Waals surface area contributed by atoms with E-state index in [-0.39, 0.29) is 0 Å². The van der Waals surface area contributed by atoms with E-state index in [1.165, 1.54) is 49.9 Å². The van der Waals surface area contributed by atoms with Gasteiger partial charge in [-0.3, -0.25) is 9.89 Å². The zero-order valence-electron chi connectivity index (χ0n) is 14.5. The third-order valence-corrected chi connectivity index (χ3v) is 4.99. The van der Waals surface area contributed by atoms with Gasteiger partial charge in [0.25, 0.3) is 0 Å². The molecule has 0 aromatic heterocycles. The van der Waals surface area contributed by atoms with Crippen LogP contribution in [-0.4, -0.2) is 44.1 Å². The SMILES string of the molecule is CN=C(NCC1CC1)NCC(c1ccc(C)cc1)N1CCCC1. The van der Waals surface area contributed by atoms with Crippen LogP contribution in [0.4, 0.5) is 0 Å². The molecule has 0 amide bonds. The average molecular weight is 314 g/mol. The first-order valence-corrected chi connectivity index (χ1v) is 9.01. The second kappa shape index (κ2) is 7.82. The van der Waals surface area contributed by atoms with Gasteiger partial charge in [0.15, 0.2) is 5.96 Å². The van der Waals surface area contributed by atoms with Gasteiger partial charge in [0.2, 0.25) is 0 Å². The molecule has 1 aromatic carbocycles. The lowest BCUT2D eigenvalue weighted by Crippen LogP contribution is -2.43. The van der Waals surface area contributed by atoms with E-state index in [9.17, 15) is 0 Å². The highest BCUT2D eigenvalue weighted by atomic mass is 15.2. The molecule has 0 bridgehead atoms. The molecule has 1 aliphatic heterocycles. The molecule has 126 valence electrons. The highest BCUT2D eigenvalue weighted by Gasteiger charge is 2.24. The molecule has 1 heterocycles. The van der Waals surface area contributed by atoms with E-state index in [0.29, 0.717) is 6.04 Å². The maximum atomic E-state index is 4.37. The van der Waals surface area contributed by atoms with Crippen LogP contribution in [-0.2, 0) is 0 Å². The van der Waals surface area contributed by atoms with Crippen molar-refractivity contribution in [2.24, 2.45) is 10.9 Å². The second-order valence-electron chi connectivity index (χ2n) is 6.95. The van der Waals surface area contributed by atoms with Crippen molar-refractivity contribution in [1.82, 2.24) is 15.5 Å². The molecule has 1 saturated carbocycles. The first-order valence-electron chi connectivity index (χ1n) is 9.01. The highest BCUT2D eigenvalue weighted by Crippen LogP contribution is 2.27. The zero-order chi connectivity index (χ0) is 16.1. The molecule has 23 heavy (non-hydrogen) atoms. The summed E-state index contributed by atoms with van der Waals surface area (Å²) in [6.07, 6.45) is 5.36. The van der Waals surface area contributed by atoms with Crippen LogP contribution >= 0.6 is 0 Å². The largest absolute Gasteiger partial charge is 0.356 e. The van der Waals surface area contributed by atoms with Crippen molar-refractivity contribution in [2.45, 2.75) is 38.6 Å². The van der Waals surface area contributed by atoms with Gasteiger partial charge in [0.05, 0.1) is 6.04 Å². The Balaban J connectivity index is 1.61. The normalized spacial score (nSPS) is 20.5. The molecule has 2 aliphatic rings. The second-order valence-corrected chi connectivity index (χ2v) is 6.95. The number of hydrogen-bond acceptors (Lipinski definition) is 2. The molecule has 1 aromatic rings. The van der Waals surface area contributed by atoms with Crippen LogP contribution in [0.1, 0.15) is 42.9 Å². The van der Waals surface area contributed by atoms with Crippen molar-refractivity contribution in [1.29, 1.82) is 0 Å². The molecule has 4 nitrogen and oxygen atoms in total. The molecule has 1 atom stereocenters. The minimum absolute atomic E-state index is 0.428. The Kier molecular flexibility index (Phi) is 5.55. The summed E-state index contributed by atoms with van der Waals surface area (Å²) in [7, 11) is 1.86. The summed E-state index contributed by atoms with van der Waals surface area (Å²) in [5.41, 5.74) is 2.73. The molecule has 1 unspecified atom stereocenters. The Hall–Kier alpha value is -1.55. The van der Waals surface area contributed by atoms with Gasteiger partial charge in [-0.15, -0.1) is 0 Å². The number of aryl methyl sites for hydroxylation is 1. The first-order chi connectivity index (χ1) is 11.3. The molecular formula is C19H30N4. The van der Waals surface area contributed by atoms with Crippen LogP contribution in [0.5, 0.6) is 0 Å². The van der Waals surface area contributed by atoms with E-state index < -0.39 is 0 Å². The molecule has 1 aliphatic carbocycles. The number of hydrogen-bond donors (Lipinski definition) is 2. The smallest absolute Gasteiger partial charge is 0.191 e. The number of benzene rings is 1. The number of nitrogens with one attached hydrogen (secondary N) is 2. The summed E-state index contributed by atoms with van der Waals surface area (Å²) in [6, 6.07) is 9.43. The lowest BCUT2D eigenvalue weighted by atomic mass is 10.0. The fraction of sp³-hybridized carbons (Fsp3) is 0.632. The third-order valence-electron chi connectivity index (χ3n) is 4.99. The first kappa shape index (κ1) is 16.3. The molecular weight excluding hydrogens is 284 g/mol. The van der Waals surface area contributed by atoms with E-state index in [0.717, 1.165) is 25.0 Å². The number of aliphatic imine (C=N–C) groups is 1. The fourth-order valence-corrected chi connectivity index (χ4v) is 3.28. The van der Waals surface area contributed by atoms with Crippen LogP contribution in [0, 0.1) is 12.8 Å². The Bertz CT molecular complexity index is 513. The summed E-state index contributed by atoms with van der Waals surface area (Å²) in [5.74, 6) is 1.80. The minimum atomic E-state index is 0.428. The van der Waals surface area contributed by atoms with Crippen LogP contribution in [0.15, 0.2) is 29.3 Å². The van der Waals surface area contributed by atoms with E-state index in [1.807, 2.05) is 7.05 Å². The van der Waals surface area contributed by atoms with E-state index in [2.05, 4.69) is 51.7 Å². The van der Waals surface area contributed by atoms with E-state index >= 15 is 0 Å². The van der Waals surface area contributed by atoms with E-state index in [1.54, 1.807) is 0 Å². The monoisotopic (exact) mass is 314 g/mol. The Labute approximate surface area is 140 Å². The lowest BCUT2D eigenvalue weighted by molar-refractivity contribution is 0.245. The maximum Gasteiger partial charge on any atom is 0.191 e. The van der Waals surface area contributed by atoms with Gasteiger partial charge in [0, 0.05) is 20.1 Å². The average Bonchev–Trinajstić information content (AvgIpc) is 3.24. The van der Waals surface area contributed by atoms with Gasteiger partial charge < -0.3 is 10.6 Å². The number of rotatable bonds is 6. The van der Waals surface area contributed by atoms with Crippen LogP contribution in [0.2, 0.25) is 0 Å². The fourth-order valence-electron chi connectivity index (χ4n) is 3.28. The number of nitrogens with zero attached hydrogens (tertiary/aromatic N) is 2. The van der Waals surface area contributed by atoms with Gasteiger partial charge in [-0.25, -0.2) is 0 Å². The standard InChI is InChI=1S/C19H30N4/c1-15-5-9-17(10-6-15)18(23-11-3-4-12-23)14-22-19(20-2)21-13-16-7-8-16/h5-6,9-10,16,18H,3-4,7-8,11-14H2,1-2H3,(H2,20,21,22). The molecule has 2 fully saturated rings. The highest BCUT2D eigenvalue weighted by molar-refractivity contribution is 5.79. The minimum Gasteiger partial charge on any atom is -0.356 e. The van der Waals surface area contributed by atoms with Crippen molar-refractivity contribution in [3.8, 4) is 0 Å². The maximum absolute atomic E-state index is 4.37. The summed E-state index contributed by atoms with van der Waals surface area (Å²) >= 11 is 0. The summed E-state index contributed by atoms with van der Waals surface area (Å²) in [5, 5.41) is 7.00. The Morgan fingerprint density at radius 3 is 2.48 bits per heavy atom. The predicted molar refractivity (Wildman–Crippen MR) is 96.8 cm³/mol. The van der Waals surface area contributed by atoms with E-state index in [4.69, 9.17) is 0 Å². The van der Waals surface area contributed by atoms with Crippen molar-refractivity contribution in [3.63, 3.8) is 0 Å². The molecule has 2 N–H and O–H groups in total. The van der Waals surface area contributed by atoms with Gasteiger partial charge in [0.1, 0.15) is 0 Å². The number of likely N-dealkylation sites (tertiary alicyclic amines) is 1. The van der Waals surface area contributed by atoms with Gasteiger partial charge in [-0.05, 0) is 57.2 Å². The topological polar surface area (TPSA) is 39.7 Å². The van der Waals surface area contributed by atoms with Crippen molar-refractivity contribution < 1.29 is 0 Å². The van der Waals surface area contributed by atoms with Crippen molar-refractivity contribution in [2.75, 3.05) is 33.2 Å². The van der Waals surface area contributed by atoms with Crippen molar-refractivity contribution >= 4 is 5.96 Å². The molecule has 4 heteroatoms. The molecule has 0 spiro atoms. The predicted octanol–water partition coefficient (Wildman–Crippen LogP) is 2.71. The molecule has 3 rings (SSSR count). The van der Waals surface area contributed by atoms with Crippen LogP contribution in [0.25, 0.3) is 0 Å². The summed E-state index contributed by atoms with van der Waals surface area (Å²) in [6.45, 7) is 6.52. The van der Waals surface area contributed by atoms with Crippen LogP contribution in [0.3, 0.4) is 0 Å².